The van der Waals surface area contributed by atoms with E-state index in [1.54, 1.807) is 17.0 Å². The van der Waals surface area contributed by atoms with Gasteiger partial charge in [-0.05, 0) is 68.5 Å². The minimum atomic E-state index is -0.472. The number of benzene rings is 2. The van der Waals surface area contributed by atoms with Gasteiger partial charge in [0, 0.05) is 43.2 Å². The van der Waals surface area contributed by atoms with Gasteiger partial charge in [0.1, 0.15) is 0 Å². The molecule has 2 aromatic carbocycles. The summed E-state index contributed by atoms with van der Waals surface area (Å²) in [6.07, 6.45) is 4.80. The average molecular weight is 437 g/mol. The van der Waals surface area contributed by atoms with Gasteiger partial charge in [-0.3, -0.25) is 9.59 Å². The van der Waals surface area contributed by atoms with Crippen LogP contribution in [0.4, 0.5) is 17.1 Å². The molecule has 170 valence electrons. The molecular formula is C25H32N4O3. The molecule has 32 heavy (non-hydrogen) atoms. The van der Waals surface area contributed by atoms with Crippen molar-refractivity contribution in [2.45, 2.75) is 38.2 Å². The lowest BCUT2D eigenvalue weighted by Gasteiger charge is -2.30. The Labute approximate surface area is 189 Å². The fourth-order valence-electron chi connectivity index (χ4n) is 4.42. The fourth-order valence-corrected chi connectivity index (χ4v) is 4.42. The summed E-state index contributed by atoms with van der Waals surface area (Å²) in [5, 5.41) is 15.9. The molecule has 0 aliphatic carbocycles. The zero-order valence-electron chi connectivity index (χ0n) is 18.4. The van der Waals surface area contributed by atoms with Crippen molar-refractivity contribution in [3.63, 3.8) is 0 Å². The molecule has 2 fully saturated rings. The largest absolute Gasteiger partial charge is 0.391 e. The second-order valence-corrected chi connectivity index (χ2v) is 8.59. The standard InChI is InChI=1S/C25H32N4O3/c30-21-7-6-16-29(18-21)25(32)22-8-2-3-9-23(22)26-17-24(31)27-19-10-12-20(13-11-19)28-14-4-1-5-15-28/h2-3,8-13,21,26,30H,1,4-7,14-18H2,(H,27,31). The van der Waals surface area contributed by atoms with Crippen LogP contribution in [-0.2, 0) is 4.79 Å². The number of aliphatic hydroxyl groups excluding tert-OH is 1. The summed E-state index contributed by atoms with van der Waals surface area (Å²) in [7, 11) is 0. The third-order valence-electron chi connectivity index (χ3n) is 6.15. The summed E-state index contributed by atoms with van der Waals surface area (Å²) in [4.78, 5) is 29.5. The quantitative estimate of drug-likeness (QED) is 0.647. The third kappa shape index (κ3) is 5.59. The third-order valence-corrected chi connectivity index (χ3v) is 6.15. The zero-order valence-corrected chi connectivity index (χ0v) is 18.4. The van der Waals surface area contributed by atoms with Gasteiger partial charge >= 0.3 is 0 Å². The van der Waals surface area contributed by atoms with E-state index < -0.39 is 6.10 Å². The average Bonchev–Trinajstić information content (AvgIpc) is 2.83. The summed E-state index contributed by atoms with van der Waals surface area (Å²) in [6.45, 7) is 3.22. The van der Waals surface area contributed by atoms with Crippen LogP contribution in [-0.4, -0.2) is 60.6 Å². The Balaban J connectivity index is 1.32. The van der Waals surface area contributed by atoms with Crippen LogP contribution < -0.4 is 15.5 Å². The van der Waals surface area contributed by atoms with Crippen molar-refractivity contribution < 1.29 is 14.7 Å². The van der Waals surface area contributed by atoms with Gasteiger partial charge in [0.25, 0.3) is 5.91 Å². The number of piperidine rings is 2. The highest BCUT2D eigenvalue weighted by molar-refractivity contribution is 6.01. The van der Waals surface area contributed by atoms with Crippen molar-refractivity contribution in [2.24, 2.45) is 0 Å². The van der Waals surface area contributed by atoms with Crippen LogP contribution in [0.5, 0.6) is 0 Å². The monoisotopic (exact) mass is 436 g/mol. The lowest BCUT2D eigenvalue weighted by atomic mass is 10.1. The van der Waals surface area contributed by atoms with Crippen molar-refractivity contribution in [1.82, 2.24) is 4.90 Å². The van der Waals surface area contributed by atoms with E-state index in [1.807, 2.05) is 24.3 Å². The van der Waals surface area contributed by atoms with Gasteiger partial charge in [0.05, 0.1) is 18.2 Å². The molecule has 7 heteroatoms. The molecule has 2 amide bonds. The van der Waals surface area contributed by atoms with Gasteiger partial charge in [-0.15, -0.1) is 0 Å². The smallest absolute Gasteiger partial charge is 0.256 e. The first kappa shape index (κ1) is 22.1. The fraction of sp³-hybridized carbons (Fsp3) is 0.440. The number of carbonyl (C=O) groups excluding carboxylic acids is 2. The molecule has 2 aliphatic rings. The molecule has 2 aliphatic heterocycles. The Morgan fingerprint density at radius 3 is 2.44 bits per heavy atom. The number of carbonyl (C=O) groups is 2. The second-order valence-electron chi connectivity index (χ2n) is 8.59. The van der Waals surface area contributed by atoms with E-state index in [0.717, 1.165) is 31.6 Å². The zero-order chi connectivity index (χ0) is 22.3. The molecule has 4 rings (SSSR count). The van der Waals surface area contributed by atoms with Crippen LogP contribution >= 0.6 is 0 Å². The van der Waals surface area contributed by atoms with Crippen LogP contribution in [0.15, 0.2) is 48.5 Å². The van der Waals surface area contributed by atoms with E-state index >= 15 is 0 Å². The predicted molar refractivity (Wildman–Crippen MR) is 127 cm³/mol. The van der Waals surface area contributed by atoms with E-state index in [9.17, 15) is 14.7 Å². The van der Waals surface area contributed by atoms with Crippen LogP contribution in [0.25, 0.3) is 0 Å². The van der Waals surface area contributed by atoms with E-state index in [-0.39, 0.29) is 18.4 Å². The Morgan fingerprint density at radius 1 is 0.938 bits per heavy atom. The van der Waals surface area contributed by atoms with Crippen LogP contribution in [0.3, 0.4) is 0 Å². The molecule has 0 saturated carbocycles. The van der Waals surface area contributed by atoms with Gasteiger partial charge in [-0.25, -0.2) is 0 Å². The SMILES string of the molecule is O=C(CNc1ccccc1C(=O)N1CCCC(O)C1)Nc1ccc(N2CCCCC2)cc1. The highest BCUT2D eigenvalue weighted by Crippen LogP contribution is 2.22. The summed E-state index contributed by atoms with van der Waals surface area (Å²) < 4.78 is 0. The Bertz CT molecular complexity index is 925. The number of para-hydroxylation sites is 1. The van der Waals surface area contributed by atoms with Crippen molar-refractivity contribution in [2.75, 3.05) is 48.3 Å². The van der Waals surface area contributed by atoms with Crippen molar-refractivity contribution in [1.29, 1.82) is 0 Å². The van der Waals surface area contributed by atoms with E-state index in [2.05, 4.69) is 27.7 Å². The Kier molecular flexibility index (Phi) is 7.27. The summed E-state index contributed by atoms with van der Waals surface area (Å²) in [6, 6.07) is 15.2. The number of rotatable bonds is 6. The summed E-state index contributed by atoms with van der Waals surface area (Å²) >= 11 is 0. The molecule has 7 nitrogen and oxygen atoms in total. The Hall–Kier alpha value is -3.06. The highest BCUT2D eigenvalue weighted by atomic mass is 16.3. The van der Waals surface area contributed by atoms with E-state index in [1.165, 1.54) is 24.9 Å². The lowest BCUT2D eigenvalue weighted by Crippen LogP contribution is -2.42. The molecule has 2 heterocycles. The first-order valence-corrected chi connectivity index (χ1v) is 11.6. The molecule has 1 unspecified atom stereocenters. The van der Waals surface area contributed by atoms with Crippen LogP contribution in [0.2, 0.25) is 0 Å². The molecule has 2 saturated heterocycles. The Morgan fingerprint density at radius 2 is 1.69 bits per heavy atom. The maximum absolute atomic E-state index is 12.9. The number of aliphatic hydroxyl groups is 1. The molecule has 3 N–H and O–H groups in total. The normalized spacial score (nSPS) is 18.8. The van der Waals surface area contributed by atoms with Crippen molar-refractivity contribution >= 4 is 28.9 Å². The lowest BCUT2D eigenvalue weighted by molar-refractivity contribution is -0.114. The minimum absolute atomic E-state index is 0.0563. The first-order valence-electron chi connectivity index (χ1n) is 11.6. The molecule has 0 bridgehead atoms. The molecule has 1 atom stereocenters. The topological polar surface area (TPSA) is 84.9 Å². The summed E-state index contributed by atoms with van der Waals surface area (Å²) in [5.41, 5.74) is 3.08. The molecular weight excluding hydrogens is 404 g/mol. The number of nitrogens with one attached hydrogen (secondary N) is 2. The van der Waals surface area contributed by atoms with Crippen molar-refractivity contribution in [3.05, 3.63) is 54.1 Å². The van der Waals surface area contributed by atoms with Gasteiger partial charge in [0.15, 0.2) is 0 Å². The predicted octanol–water partition coefficient (Wildman–Crippen LogP) is 3.32. The van der Waals surface area contributed by atoms with Gasteiger partial charge in [-0.2, -0.15) is 0 Å². The first-order chi connectivity index (χ1) is 15.6. The number of nitrogens with zero attached hydrogens (tertiary/aromatic N) is 2. The maximum Gasteiger partial charge on any atom is 0.256 e. The van der Waals surface area contributed by atoms with Gasteiger partial charge < -0.3 is 25.5 Å². The summed E-state index contributed by atoms with van der Waals surface area (Å²) in [5.74, 6) is -0.299. The number of amides is 2. The molecule has 0 radical (unpaired) electrons. The molecule has 0 spiro atoms. The van der Waals surface area contributed by atoms with Crippen LogP contribution in [0, 0.1) is 0 Å². The number of β-amino-alcohol motifs (C(OH)–C–C–N with tert-alkyl or cyclic N) is 1. The number of likely N-dealkylation sites (tertiary alicyclic amines) is 1. The number of hydrogen-bond acceptors (Lipinski definition) is 5. The van der Waals surface area contributed by atoms with Crippen LogP contribution in [0.1, 0.15) is 42.5 Å². The van der Waals surface area contributed by atoms with E-state index in [0.29, 0.717) is 24.3 Å². The van der Waals surface area contributed by atoms with Gasteiger partial charge in [-0.1, -0.05) is 12.1 Å². The van der Waals surface area contributed by atoms with Crippen molar-refractivity contribution in [3.8, 4) is 0 Å². The van der Waals surface area contributed by atoms with Gasteiger partial charge in [0.2, 0.25) is 5.91 Å². The maximum atomic E-state index is 12.9. The molecule has 2 aromatic rings. The second kappa shape index (κ2) is 10.5. The molecule has 0 aromatic heterocycles. The van der Waals surface area contributed by atoms with E-state index in [4.69, 9.17) is 0 Å². The number of hydrogen-bond donors (Lipinski definition) is 3. The minimum Gasteiger partial charge on any atom is -0.391 e. The number of anilines is 3. The highest BCUT2D eigenvalue weighted by Gasteiger charge is 2.24.